The van der Waals surface area contributed by atoms with Crippen molar-refractivity contribution in [3.8, 4) is 0 Å². The molecule has 0 bridgehead atoms. The predicted octanol–water partition coefficient (Wildman–Crippen LogP) is 7.00. The summed E-state index contributed by atoms with van der Waals surface area (Å²) in [7, 11) is 4.29. The Labute approximate surface area is 182 Å². The van der Waals surface area contributed by atoms with Crippen molar-refractivity contribution >= 4 is 32.6 Å². The van der Waals surface area contributed by atoms with Crippen LogP contribution in [-0.4, -0.2) is 9.13 Å². The predicted molar refractivity (Wildman–Crippen MR) is 131 cm³/mol. The van der Waals surface area contributed by atoms with E-state index in [0.29, 0.717) is 0 Å². The molecule has 0 aliphatic rings. The van der Waals surface area contributed by atoms with Gasteiger partial charge in [0, 0.05) is 54.2 Å². The van der Waals surface area contributed by atoms with Gasteiger partial charge in [0.2, 0.25) is 0 Å². The van der Waals surface area contributed by atoms with Crippen LogP contribution < -0.4 is 0 Å². The topological polar surface area (TPSA) is 9.86 Å². The Morgan fingerprint density at radius 1 is 0.548 bits per heavy atom. The van der Waals surface area contributed by atoms with E-state index < -0.39 is 0 Å². The van der Waals surface area contributed by atoms with Gasteiger partial charge in [0.05, 0.1) is 0 Å². The summed E-state index contributed by atoms with van der Waals surface area (Å²) in [5, 5.41) is 5.19. The second kappa shape index (κ2) is 6.88. The third kappa shape index (κ3) is 2.79. The molecule has 150 valence electrons. The van der Waals surface area contributed by atoms with E-state index in [1.54, 1.807) is 0 Å². The fraction of sp³-hybridized carbons (Fsp3) is 0.103. The first kappa shape index (κ1) is 18.0. The maximum absolute atomic E-state index is 2.36. The average Bonchev–Trinajstić information content (AvgIpc) is 3.32. The number of benzene rings is 4. The second-order valence-electron chi connectivity index (χ2n) is 8.46. The average molecular weight is 401 g/mol. The van der Waals surface area contributed by atoms with Crippen molar-refractivity contribution in [2.24, 2.45) is 14.1 Å². The van der Waals surface area contributed by atoms with Crippen LogP contribution in [0, 0.1) is 0 Å². The molecule has 2 heteroatoms. The number of rotatable bonds is 3. The number of hydrogen-bond donors (Lipinski definition) is 0. The van der Waals surface area contributed by atoms with Gasteiger partial charge in [-0.2, -0.15) is 0 Å². The highest BCUT2D eigenvalue weighted by Gasteiger charge is 2.24. The minimum atomic E-state index is 0.154. The third-order valence-electron chi connectivity index (χ3n) is 6.58. The number of aryl methyl sites for hydroxylation is 2. The third-order valence-corrected chi connectivity index (χ3v) is 6.58. The van der Waals surface area contributed by atoms with Gasteiger partial charge in [-0.1, -0.05) is 78.9 Å². The Morgan fingerprint density at radius 2 is 1.06 bits per heavy atom. The Bertz CT molecular complexity index is 1480. The molecule has 0 N–H and O–H groups in total. The van der Waals surface area contributed by atoms with Crippen molar-refractivity contribution < 1.29 is 0 Å². The number of nitrogens with zero attached hydrogens (tertiary/aromatic N) is 2. The lowest BCUT2D eigenvalue weighted by Crippen LogP contribution is -2.03. The molecule has 0 aliphatic heterocycles. The molecule has 2 heterocycles. The Balaban J connectivity index is 1.69. The smallest absolute Gasteiger partial charge is 0.0480 e. The van der Waals surface area contributed by atoms with Gasteiger partial charge in [0.1, 0.15) is 0 Å². The van der Waals surface area contributed by atoms with Crippen LogP contribution in [0.4, 0.5) is 0 Å². The van der Waals surface area contributed by atoms with Crippen LogP contribution in [0.1, 0.15) is 22.6 Å². The second-order valence-corrected chi connectivity index (χ2v) is 8.46. The molecule has 0 amide bonds. The Kier molecular flexibility index (Phi) is 4.00. The number of aromatic nitrogens is 2. The van der Waals surface area contributed by atoms with Crippen LogP contribution in [0.2, 0.25) is 0 Å². The summed E-state index contributed by atoms with van der Waals surface area (Å²) in [6.45, 7) is 0. The first-order valence-corrected chi connectivity index (χ1v) is 10.8. The molecule has 6 rings (SSSR count). The zero-order valence-corrected chi connectivity index (χ0v) is 17.8. The van der Waals surface area contributed by atoms with Crippen molar-refractivity contribution in [2.45, 2.75) is 5.92 Å². The fourth-order valence-electron chi connectivity index (χ4n) is 5.12. The SMILES string of the molecule is Cn1cc(C(c2ccc3ccccc3c2)c2cn(C)c3ccccc23)c2ccccc21. The van der Waals surface area contributed by atoms with Crippen molar-refractivity contribution in [1.29, 1.82) is 0 Å². The maximum Gasteiger partial charge on any atom is 0.0480 e. The zero-order valence-electron chi connectivity index (χ0n) is 17.8. The fourth-order valence-corrected chi connectivity index (χ4v) is 5.12. The lowest BCUT2D eigenvalue weighted by molar-refractivity contribution is 0.913. The van der Waals surface area contributed by atoms with Gasteiger partial charge in [-0.25, -0.2) is 0 Å². The van der Waals surface area contributed by atoms with E-state index >= 15 is 0 Å². The lowest BCUT2D eigenvalue weighted by atomic mass is 9.84. The Hall–Kier alpha value is -3.78. The molecule has 4 aromatic carbocycles. The molecule has 0 atom stereocenters. The van der Waals surface area contributed by atoms with Gasteiger partial charge in [-0.15, -0.1) is 0 Å². The molecule has 2 aromatic heterocycles. The number of fused-ring (bicyclic) bond motifs is 3. The highest BCUT2D eigenvalue weighted by Crippen LogP contribution is 2.41. The summed E-state index contributed by atoms with van der Waals surface area (Å²) in [5.74, 6) is 0.154. The Morgan fingerprint density at radius 3 is 1.68 bits per heavy atom. The van der Waals surface area contributed by atoms with E-state index in [2.05, 4.69) is 127 Å². The minimum Gasteiger partial charge on any atom is -0.350 e. The van der Waals surface area contributed by atoms with Crippen LogP contribution in [0.25, 0.3) is 32.6 Å². The molecule has 6 aromatic rings. The van der Waals surface area contributed by atoms with Gasteiger partial charge in [-0.05, 0) is 39.6 Å². The van der Waals surface area contributed by atoms with Crippen molar-refractivity contribution in [3.63, 3.8) is 0 Å². The molecule has 31 heavy (non-hydrogen) atoms. The largest absolute Gasteiger partial charge is 0.350 e. The summed E-state index contributed by atoms with van der Waals surface area (Å²) in [5.41, 5.74) is 6.56. The van der Waals surface area contributed by atoms with Gasteiger partial charge >= 0.3 is 0 Å². The van der Waals surface area contributed by atoms with Crippen LogP contribution in [0.15, 0.2) is 103 Å². The molecule has 0 spiro atoms. The van der Waals surface area contributed by atoms with E-state index in [1.807, 2.05) is 0 Å². The van der Waals surface area contributed by atoms with Gasteiger partial charge in [0.25, 0.3) is 0 Å². The summed E-state index contributed by atoms with van der Waals surface area (Å²) < 4.78 is 4.51. The molecule has 0 aliphatic carbocycles. The van der Waals surface area contributed by atoms with Crippen LogP contribution in [-0.2, 0) is 14.1 Å². The standard InChI is InChI=1S/C29H24N2/c1-30-18-25(23-11-5-7-13-27(23)30)29(22-16-15-20-9-3-4-10-21(20)17-22)26-19-31(2)28-14-8-6-12-24(26)28/h3-19,29H,1-2H3. The van der Waals surface area contributed by atoms with Gasteiger partial charge in [-0.3, -0.25) is 0 Å². The summed E-state index contributed by atoms with van der Waals surface area (Å²) in [6.07, 6.45) is 4.62. The molecule has 2 nitrogen and oxygen atoms in total. The van der Waals surface area contributed by atoms with Crippen molar-refractivity contribution in [3.05, 3.63) is 120 Å². The van der Waals surface area contributed by atoms with Crippen molar-refractivity contribution in [1.82, 2.24) is 9.13 Å². The summed E-state index contributed by atoms with van der Waals surface area (Å²) >= 11 is 0. The molecule has 0 fully saturated rings. The summed E-state index contributed by atoms with van der Waals surface area (Å²) in [4.78, 5) is 0. The maximum atomic E-state index is 2.36. The number of hydrogen-bond acceptors (Lipinski definition) is 0. The van der Waals surface area contributed by atoms with Gasteiger partial charge < -0.3 is 9.13 Å². The highest BCUT2D eigenvalue weighted by molar-refractivity contribution is 5.91. The van der Waals surface area contributed by atoms with E-state index in [9.17, 15) is 0 Å². The minimum absolute atomic E-state index is 0.154. The van der Waals surface area contributed by atoms with Crippen LogP contribution >= 0.6 is 0 Å². The lowest BCUT2D eigenvalue weighted by Gasteiger charge is -2.18. The van der Waals surface area contributed by atoms with E-state index in [-0.39, 0.29) is 5.92 Å². The number of para-hydroxylation sites is 2. The highest BCUT2D eigenvalue weighted by atomic mass is 14.9. The molecular weight excluding hydrogens is 376 g/mol. The quantitative estimate of drug-likeness (QED) is 0.302. The molecule has 0 radical (unpaired) electrons. The van der Waals surface area contributed by atoms with Crippen LogP contribution in [0.5, 0.6) is 0 Å². The first-order valence-electron chi connectivity index (χ1n) is 10.8. The van der Waals surface area contributed by atoms with Crippen LogP contribution in [0.3, 0.4) is 0 Å². The van der Waals surface area contributed by atoms with E-state index in [1.165, 1.54) is 49.3 Å². The molecule has 0 saturated heterocycles. The molecule has 0 unspecified atom stereocenters. The monoisotopic (exact) mass is 400 g/mol. The summed E-state index contributed by atoms with van der Waals surface area (Å²) in [6, 6.07) is 33.0. The van der Waals surface area contributed by atoms with Crippen molar-refractivity contribution in [2.75, 3.05) is 0 Å². The van der Waals surface area contributed by atoms with Gasteiger partial charge in [0.15, 0.2) is 0 Å². The van der Waals surface area contributed by atoms with E-state index in [0.717, 1.165) is 0 Å². The van der Waals surface area contributed by atoms with E-state index in [4.69, 9.17) is 0 Å². The normalized spacial score (nSPS) is 11.8. The first-order chi connectivity index (χ1) is 15.2. The zero-order chi connectivity index (χ0) is 20.9. The molecule has 0 saturated carbocycles. The molecular formula is C29H24N2.